The first-order valence-corrected chi connectivity index (χ1v) is 7.20. The fourth-order valence-electron chi connectivity index (χ4n) is 1.99. The molecule has 0 radical (unpaired) electrons. The van der Waals surface area contributed by atoms with E-state index in [1.165, 1.54) is 0 Å². The monoisotopic (exact) mass is 336 g/mol. The molecule has 2 N–H and O–H groups in total. The summed E-state index contributed by atoms with van der Waals surface area (Å²) >= 11 is 3.40. The Balaban J connectivity index is 2.26. The molecule has 0 aliphatic heterocycles. The summed E-state index contributed by atoms with van der Waals surface area (Å²) in [4.78, 5) is 12.5. The zero-order valence-electron chi connectivity index (χ0n) is 11.7. The number of benzene rings is 1. The second-order valence-corrected chi connectivity index (χ2v) is 6.01. The minimum Gasteiger partial charge on any atom is -0.341 e. The number of halogens is 1. The lowest BCUT2D eigenvalue weighted by molar-refractivity contribution is 0.0909. The van der Waals surface area contributed by atoms with Gasteiger partial charge in [0.15, 0.2) is 0 Å². The van der Waals surface area contributed by atoms with Crippen LogP contribution in [0.15, 0.2) is 28.9 Å². The Hall–Kier alpha value is -1.69. The zero-order chi connectivity index (χ0) is 14.8. The van der Waals surface area contributed by atoms with Crippen LogP contribution in [0.3, 0.4) is 0 Å². The van der Waals surface area contributed by atoms with Crippen molar-refractivity contribution < 1.29 is 4.79 Å². The number of H-pyrrole nitrogens is 1. The summed E-state index contributed by atoms with van der Waals surface area (Å²) in [6.45, 7) is 5.82. The molecule has 0 aliphatic rings. The van der Waals surface area contributed by atoms with Gasteiger partial charge >= 0.3 is 0 Å². The molecule has 1 aromatic carbocycles. The highest BCUT2D eigenvalue weighted by atomic mass is 79.9. The lowest BCUT2D eigenvalue weighted by Gasteiger charge is -2.24. The van der Waals surface area contributed by atoms with Crippen LogP contribution in [0.25, 0.3) is 0 Å². The molecule has 1 amide bonds. The maximum absolute atomic E-state index is 12.5. The SMILES string of the molecule is CCc1ccc(Br)cc1C(=O)NC(C)(C)c1cn[nH]n1. The van der Waals surface area contributed by atoms with E-state index in [2.05, 4.69) is 36.7 Å². The molecule has 20 heavy (non-hydrogen) atoms. The van der Waals surface area contributed by atoms with Crippen LogP contribution in [0.2, 0.25) is 0 Å². The first-order chi connectivity index (χ1) is 9.44. The van der Waals surface area contributed by atoms with Gasteiger partial charge in [0.25, 0.3) is 5.91 Å². The van der Waals surface area contributed by atoms with E-state index < -0.39 is 5.54 Å². The van der Waals surface area contributed by atoms with Gasteiger partial charge in [0.05, 0.1) is 11.7 Å². The number of hydrogen-bond donors (Lipinski definition) is 2. The van der Waals surface area contributed by atoms with E-state index in [0.29, 0.717) is 11.3 Å². The Labute approximate surface area is 126 Å². The van der Waals surface area contributed by atoms with Gasteiger partial charge < -0.3 is 5.32 Å². The molecule has 0 aliphatic carbocycles. The third kappa shape index (κ3) is 3.07. The minimum atomic E-state index is -0.586. The van der Waals surface area contributed by atoms with E-state index >= 15 is 0 Å². The molecule has 0 fully saturated rings. The Morgan fingerprint density at radius 2 is 2.20 bits per heavy atom. The predicted molar refractivity (Wildman–Crippen MR) is 80.4 cm³/mol. The Kier molecular flexibility index (Phi) is 4.23. The second kappa shape index (κ2) is 5.75. The number of rotatable bonds is 4. The number of nitrogens with one attached hydrogen (secondary N) is 2. The number of nitrogens with zero attached hydrogens (tertiary/aromatic N) is 2. The standard InChI is InChI=1S/C14H17BrN4O/c1-4-9-5-6-10(15)7-11(9)13(20)17-14(2,3)12-8-16-19-18-12/h5-8H,4H2,1-3H3,(H,17,20)(H,16,18,19). The van der Waals surface area contributed by atoms with E-state index in [4.69, 9.17) is 0 Å². The van der Waals surface area contributed by atoms with Crippen LogP contribution >= 0.6 is 15.9 Å². The Morgan fingerprint density at radius 1 is 1.45 bits per heavy atom. The van der Waals surface area contributed by atoms with Crippen molar-refractivity contribution in [3.8, 4) is 0 Å². The van der Waals surface area contributed by atoms with Gasteiger partial charge in [-0.2, -0.15) is 15.4 Å². The number of aromatic amines is 1. The topological polar surface area (TPSA) is 70.7 Å². The molecule has 1 aromatic heterocycles. The zero-order valence-corrected chi connectivity index (χ0v) is 13.3. The van der Waals surface area contributed by atoms with E-state index in [-0.39, 0.29) is 5.91 Å². The molecule has 5 nitrogen and oxygen atoms in total. The van der Waals surface area contributed by atoms with Crippen molar-refractivity contribution in [3.05, 3.63) is 45.7 Å². The van der Waals surface area contributed by atoms with Crippen LogP contribution < -0.4 is 5.32 Å². The molecule has 1 heterocycles. The molecule has 106 valence electrons. The largest absolute Gasteiger partial charge is 0.341 e. The smallest absolute Gasteiger partial charge is 0.252 e. The highest BCUT2D eigenvalue weighted by molar-refractivity contribution is 9.10. The number of carbonyl (C=O) groups excluding carboxylic acids is 1. The predicted octanol–water partition coefficient (Wildman–Crippen LogP) is 2.79. The highest BCUT2D eigenvalue weighted by Crippen LogP contribution is 2.21. The van der Waals surface area contributed by atoms with Gasteiger partial charge in [-0.3, -0.25) is 4.79 Å². The van der Waals surface area contributed by atoms with E-state index in [0.717, 1.165) is 16.5 Å². The van der Waals surface area contributed by atoms with Gasteiger partial charge in [0, 0.05) is 10.0 Å². The van der Waals surface area contributed by atoms with Crippen LogP contribution in [0.4, 0.5) is 0 Å². The van der Waals surface area contributed by atoms with Crippen molar-refractivity contribution in [1.29, 1.82) is 0 Å². The van der Waals surface area contributed by atoms with Crippen LogP contribution in [-0.2, 0) is 12.0 Å². The number of amides is 1. The first kappa shape index (κ1) is 14.7. The molecule has 6 heteroatoms. The summed E-state index contributed by atoms with van der Waals surface area (Å²) in [5.41, 5.74) is 1.80. The molecule has 0 saturated carbocycles. The van der Waals surface area contributed by atoms with Crippen molar-refractivity contribution in [2.45, 2.75) is 32.7 Å². The number of aromatic nitrogens is 3. The van der Waals surface area contributed by atoms with Gasteiger partial charge in [-0.15, -0.1) is 0 Å². The molecule has 0 atom stereocenters. The highest BCUT2D eigenvalue weighted by Gasteiger charge is 2.26. The second-order valence-electron chi connectivity index (χ2n) is 5.09. The molecule has 0 bridgehead atoms. The van der Waals surface area contributed by atoms with E-state index in [1.807, 2.05) is 39.0 Å². The van der Waals surface area contributed by atoms with Crippen LogP contribution in [0, 0.1) is 0 Å². The lowest BCUT2D eigenvalue weighted by atomic mass is 9.99. The average molecular weight is 337 g/mol. The first-order valence-electron chi connectivity index (χ1n) is 6.41. The van der Waals surface area contributed by atoms with Gasteiger partial charge in [-0.25, -0.2) is 0 Å². The summed E-state index contributed by atoms with van der Waals surface area (Å²) in [7, 11) is 0. The fourth-order valence-corrected chi connectivity index (χ4v) is 2.35. The summed E-state index contributed by atoms with van der Waals surface area (Å²) < 4.78 is 0.888. The lowest BCUT2D eigenvalue weighted by Crippen LogP contribution is -2.41. The van der Waals surface area contributed by atoms with Crippen LogP contribution in [0.5, 0.6) is 0 Å². The number of hydrogen-bond acceptors (Lipinski definition) is 3. The van der Waals surface area contributed by atoms with E-state index in [1.54, 1.807) is 6.20 Å². The quantitative estimate of drug-likeness (QED) is 0.901. The molecule has 0 spiro atoms. The van der Waals surface area contributed by atoms with Gasteiger partial charge in [-0.05, 0) is 38.0 Å². The normalized spacial score (nSPS) is 11.4. The molecular weight excluding hydrogens is 320 g/mol. The summed E-state index contributed by atoms with van der Waals surface area (Å²) in [6, 6.07) is 5.74. The van der Waals surface area contributed by atoms with Crippen molar-refractivity contribution in [2.24, 2.45) is 0 Å². The van der Waals surface area contributed by atoms with Crippen molar-refractivity contribution in [2.75, 3.05) is 0 Å². The van der Waals surface area contributed by atoms with Gasteiger partial charge in [-0.1, -0.05) is 28.9 Å². The Morgan fingerprint density at radius 3 is 2.80 bits per heavy atom. The molecule has 0 saturated heterocycles. The summed E-state index contributed by atoms with van der Waals surface area (Å²) in [5.74, 6) is -0.115. The van der Waals surface area contributed by atoms with Gasteiger partial charge in [0.2, 0.25) is 0 Å². The van der Waals surface area contributed by atoms with Crippen molar-refractivity contribution >= 4 is 21.8 Å². The molecule has 0 unspecified atom stereocenters. The third-order valence-corrected chi connectivity index (χ3v) is 3.67. The minimum absolute atomic E-state index is 0.115. The maximum Gasteiger partial charge on any atom is 0.252 e. The maximum atomic E-state index is 12.5. The number of carbonyl (C=O) groups is 1. The third-order valence-electron chi connectivity index (χ3n) is 3.18. The van der Waals surface area contributed by atoms with Crippen molar-refractivity contribution in [1.82, 2.24) is 20.7 Å². The Bertz CT molecular complexity index is 608. The summed E-state index contributed by atoms with van der Waals surface area (Å²) in [5, 5.41) is 13.4. The average Bonchev–Trinajstić information content (AvgIpc) is 2.92. The van der Waals surface area contributed by atoms with Crippen molar-refractivity contribution in [3.63, 3.8) is 0 Å². The number of aryl methyl sites for hydroxylation is 1. The summed E-state index contributed by atoms with van der Waals surface area (Å²) in [6.07, 6.45) is 2.42. The van der Waals surface area contributed by atoms with Crippen LogP contribution in [0.1, 0.15) is 42.4 Å². The van der Waals surface area contributed by atoms with Gasteiger partial charge in [0.1, 0.15) is 5.69 Å². The fraction of sp³-hybridized carbons (Fsp3) is 0.357. The molecule has 2 rings (SSSR count). The molecular formula is C14H17BrN4O. The molecule has 2 aromatic rings. The van der Waals surface area contributed by atoms with E-state index in [9.17, 15) is 4.79 Å². The van der Waals surface area contributed by atoms with Crippen LogP contribution in [-0.4, -0.2) is 21.3 Å².